The number of benzene rings is 13. The van der Waals surface area contributed by atoms with E-state index in [0.29, 0.717) is 5.95 Å². The summed E-state index contributed by atoms with van der Waals surface area (Å²) in [6.07, 6.45) is 0. The molecular formula is C82H57N5Si2. The maximum atomic E-state index is 5.85. The van der Waals surface area contributed by atoms with Gasteiger partial charge in [0.2, 0.25) is 5.95 Å². The van der Waals surface area contributed by atoms with E-state index in [1.807, 2.05) is 0 Å². The molecule has 0 amide bonds. The molecule has 17 rings (SSSR count). The molecule has 0 spiro atoms. The Labute approximate surface area is 518 Å². The van der Waals surface area contributed by atoms with Crippen molar-refractivity contribution in [1.82, 2.24) is 23.7 Å². The zero-order valence-electron chi connectivity index (χ0n) is 48.6. The van der Waals surface area contributed by atoms with Crippen LogP contribution in [0.25, 0.3) is 94.1 Å². The SMILES string of the molecule is c1ccc([Si](c2ccccc2)(c2ccccc2)c2ccc3c(c2)c2ccccc2n3-c2cc(-c3cccc(-n4c5ccccc5c5ccccc54)c3)nc(-n3c4ccccc4c4cc([Si](c5ccccc5)(c5ccccc5)c5ccccc5)ccc43)n2)cc1. The summed E-state index contributed by atoms with van der Waals surface area (Å²) in [5.74, 6) is 1.36. The van der Waals surface area contributed by atoms with Crippen LogP contribution in [0, 0.1) is 0 Å². The Kier molecular flexibility index (Phi) is 12.5. The van der Waals surface area contributed by atoms with Crippen LogP contribution in [-0.4, -0.2) is 39.8 Å². The molecule has 0 saturated carbocycles. The molecule has 4 aromatic heterocycles. The van der Waals surface area contributed by atoms with Gasteiger partial charge in [0, 0.05) is 49.6 Å². The molecule has 0 saturated heterocycles. The van der Waals surface area contributed by atoms with Gasteiger partial charge in [-0.2, -0.15) is 4.98 Å². The number of hydrogen-bond acceptors (Lipinski definition) is 2. The molecule has 17 aromatic rings. The van der Waals surface area contributed by atoms with Gasteiger partial charge in [-0.25, -0.2) is 4.98 Å². The topological polar surface area (TPSA) is 40.6 Å². The van der Waals surface area contributed by atoms with Gasteiger partial charge in [-0.05, 0) is 90.0 Å². The molecule has 0 fully saturated rings. The van der Waals surface area contributed by atoms with Crippen molar-refractivity contribution in [2.75, 3.05) is 0 Å². The highest BCUT2D eigenvalue weighted by molar-refractivity contribution is 7.20. The second-order valence-electron chi connectivity index (χ2n) is 23.2. The number of para-hydroxylation sites is 4. The molecule has 0 atom stereocenters. The molecule has 0 aliphatic heterocycles. The van der Waals surface area contributed by atoms with Crippen molar-refractivity contribution in [3.05, 3.63) is 346 Å². The zero-order valence-corrected chi connectivity index (χ0v) is 50.6. The Morgan fingerprint density at radius 1 is 0.213 bits per heavy atom. The van der Waals surface area contributed by atoms with Crippen molar-refractivity contribution in [3.8, 4) is 28.7 Å². The molecule has 0 radical (unpaired) electrons. The van der Waals surface area contributed by atoms with E-state index >= 15 is 0 Å². The van der Waals surface area contributed by atoms with Crippen molar-refractivity contribution in [1.29, 1.82) is 0 Å². The quantitative estimate of drug-likeness (QED) is 0.0903. The van der Waals surface area contributed by atoms with E-state index in [2.05, 4.69) is 359 Å². The standard InChI is InChI=1S/C82H57N5Si2/c1-7-30-60(31-8-1)88(61-32-9-2-10-33-61,62-34-11-3-12-35-62)66-50-52-79-72(55-66)70-44-21-25-48-77(70)86(79)81-57-74(58-28-27-29-59(54-58)85-75-46-23-19-42-68(75)69-43-20-24-47-76(69)85)83-82(84-81)87-78-49-26-22-45-71(78)73-56-67(51-53-80(73)87)89(63-36-13-4-14-37-63,64-38-15-5-16-39-64)65-40-17-6-18-41-65/h1-57H. The normalized spacial score (nSPS) is 12.0. The summed E-state index contributed by atoms with van der Waals surface area (Å²) in [5.41, 5.74) is 9.35. The van der Waals surface area contributed by atoms with Crippen molar-refractivity contribution in [2.24, 2.45) is 0 Å². The lowest BCUT2D eigenvalue weighted by molar-refractivity contribution is 0.952. The molecule has 13 aromatic carbocycles. The Balaban J connectivity index is 0.932. The molecule has 7 heteroatoms. The van der Waals surface area contributed by atoms with Crippen LogP contribution in [0.5, 0.6) is 0 Å². The third-order valence-electron chi connectivity index (χ3n) is 18.6. The Morgan fingerprint density at radius 3 is 0.944 bits per heavy atom. The fourth-order valence-corrected chi connectivity index (χ4v) is 24.3. The highest BCUT2D eigenvalue weighted by Crippen LogP contribution is 2.38. The summed E-state index contributed by atoms with van der Waals surface area (Å²) in [4.78, 5) is 11.6. The minimum absolute atomic E-state index is 0.586. The maximum absolute atomic E-state index is 5.85. The third-order valence-corrected chi connectivity index (χ3v) is 28.1. The van der Waals surface area contributed by atoms with E-state index in [1.165, 1.54) is 57.7 Å². The van der Waals surface area contributed by atoms with Gasteiger partial charge in [0.15, 0.2) is 16.1 Å². The predicted molar refractivity (Wildman–Crippen MR) is 378 cm³/mol. The van der Waals surface area contributed by atoms with E-state index in [4.69, 9.17) is 9.97 Å². The summed E-state index contributed by atoms with van der Waals surface area (Å²) in [5, 5.41) is 17.6. The molecular weight excluding hydrogens is 1110 g/mol. The smallest absolute Gasteiger partial charge is 0.237 e. The van der Waals surface area contributed by atoms with Crippen molar-refractivity contribution >= 4 is 123 Å². The Morgan fingerprint density at radius 2 is 0.539 bits per heavy atom. The third kappa shape index (κ3) is 8.20. The summed E-state index contributed by atoms with van der Waals surface area (Å²) in [6, 6.07) is 128. The lowest BCUT2D eigenvalue weighted by atomic mass is 10.1. The highest BCUT2D eigenvalue weighted by atomic mass is 28.3. The lowest BCUT2D eigenvalue weighted by Crippen LogP contribution is -2.74. The van der Waals surface area contributed by atoms with Crippen molar-refractivity contribution in [3.63, 3.8) is 0 Å². The van der Waals surface area contributed by atoms with Gasteiger partial charge < -0.3 is 4.57 Å². The van der Waals surface area contributed by atoms with Gasteiger partial charge in [-0.1, -0.05) is 291 Å². The van der Waals surface area contributed by atoms with Gasteiger partial charge in [-0.15, -0.1) is 0 Å². The molecule has 4 heterocycles. The van der Waals surface area contributed by atoms with Gasteiger partial charge in [0.25, 0.3) is 0 Å². The van der Waals surface area contributed by atoms with Gasteiger partial charge >= 0.3 is 0 Å². The Hall–Kier alpha value is -11.2. The van der Waals surface area contributed by atoms with Crippen LogP contribution >= 0.6 is 0 Å². The van der Waals surface area contributed by atoms with Crippen LogP contribution in [0.1, 0.15) is 0 Å². The number of nitrogens with zero attached hydrogens (tertiary/aromatic N) is 5. The lowest BCUT2D eigenvalue weighted by Gasteiger charge is -2.34. The molecule has 0 aliphatic carbocycles. The average molecular weight is 1170 g/mol. The fourth-order valence-electron chi connectivity index (χ4n) is 14.8. The minimum Gasteiger partial charge on any atom is -0.309 e. The van der Waals surface area contributed by atoms with E-state index in [1.54, 1.807) is 0 Å². The zero-order chi connectivity index (χ0) is 58.9. The monoisotopic (exact) mass is 1170 g/mol. The van der Waals surface area contributed by atoms with E-state index in [9.17, 15) is 0 Å². The first kappa shape index (κ1) is 52.1. The van der Waals surface area contributed by atoms with Crippen LogP contribution in [0.2, 0.25) is 0 Å². The number of hydrogen-bond donors (Lipinski definition) is 0. The van der Waals surface area contributed by atoms with Crippen molar-refractivity contribution in [2.45, 2.75) is 0 Å². The summed E-state index contributed by atoms with van der Waals surface area (Å²) >= 11 is 0. The van der Waals surface area contributed by atoms with Crippen LogP contribution in [0.15, 0.2) is 346 Å². The first-order valence-corrected chi connectivity index (χ1v) is 34.6. The molecule has 418 valence electrons. The maximum Gasteiger partial charge on any atom is 0.237 e. The van der Waals surface area contributed by atoms with Crippen LogP contribution in [0.3, 0.4) is 0 Å². The molecule has 0 unspecified atom stereocenters. The molecule has 0 aliphatic rings. The number of rotatable bonds is 12. The highest BCUT2D eigenvalue weighted by Gasteiger charge is 2.43. The Bertz CT molecular complexity index is 4980. The first-order valence-electron chi connectivity index (χ1n) is 30.6. The van der Waals surface area contributed by atoms with Gasteiger partial charge in [-0.3, -0.25) is 9.13 Å². The number of fused-ring (bicyclic) bond motifs is 9. The second-order valence-corrected chi connectivity index (χ2v) is 30.8. The van der Waals surface area contributed by atoms with Crippen LogP contribution in [0.4, 0.5) is 0 Å². The minimum atomic E-state index is -2.91. The van der Waals surface area contributed by atoms with Gasteiger partial charge in [0.1, 0.15) is 5.82 Å². The summed E-state index contributed by atoms with van der Waals surface area (Å²) < 4.78 is 7.07. The molecule has 0 N–H and O–H groups in total. The van der Waals surface area contributed by atoms with Crippen LogP contribution < -0.4 is 41.5 Å². The van der Waals surface area contributed by atoms with E-state index in [-0.39, 0.29) is 0 Å². The average Bonchev–Trinajstić information content (AvgIpc) is 1.86. The van der Waals surface area contributed by atoms with Crippen LogP contribution in [-0.2, 0) is 0 Å². The largest absolute Gasteiger partial charge is 0.309 e. The second kappa shape index (κ2) is 21.3. The number of aromatic nitrogens is 5. The van der Waals surface area contributed by atoms with Gasteiger partial charge in [0.05, 0.1) is 38.8 Å². The summed E-state index contributed by atoms with van der Waals surface area (Å²) in [6.45, 7) is 0. The molecule has 0 bridgehead atoms. The predicted octanol–water partition coefficient (Wildman–Crippen LogP) is 14.2. The first-order chi connectivity index (χ1) is 44.2. The molecule has 89 heavy (non-hydrogen) atoms. The van der Waals surface area contributed by atoms with Crippen molar-refractivity contribution < 1.29 is 0 Å². The fraction of sp³-hybridized carbons (Fsp3) is 0. The van der Waals surface area contributed by atoms with E-state index in [0.717, 1.165) is 72.0 Å². The molecule has 5 nitrogen and oxygen atoms in total. The summed E-state index contributed by atoms with van der Waals surface area (Å²) in [7, 11) is -5.81. The van der Waals surface area contributed by atoms with E-state index < -0.39 is 16.1 Å².